The molecule has 2 unspecified atom stereocenters. The van der Waals surface area contributed by atoms with Crippen molar-refractivity contribution in [3.8, 4) is 0 Å². The first-order chi connectivity index (χ1) is 9.08. The molecular formula is C14H19FN2O2. The molecule has 19 heavy (non-hydrogen) atoms. The van der Waals surface area contributed by atoms with Gasteiger partial charge in [-0.05, 0) is 36.7 Å². The summed E-state index contributed by atoms with van der Waals surface area (Å²) in [5, 5.41) is 15.7. The number of halogens is 1. The lowest BCUT2D eigenvalue weighted by atomic mass is 9.88. The molecular weight excluding hydrogens is 247 g/mol. The van der Waals surface area contributed by atoms with E-state index in [2.05, 4.69) is 10.6 Å². The predicted molar refractivity (Wildman–Crippen MR) is 69.9 cm³/mol. The van der Waals surface area contributed by atoms with Gasteiger partial charge < -0.3 is 15.7 Å². The van der Waals surface area contributed by atoms with E-state index in [0.29, 0.717) is 11.5 Å². The van der Waals surface area contributed by atoms with Crippen LogP contribution in [0.25, 0.3) is 0 Å². The topological polar surface area (TPSA) is 61.4 Å². The lowest BCUT2D eigenvalue weighted by Gasteiger charge is -2.31. The molecule has 1 aliphatic heterocycles. The number of hydrogen-bond acceptors (Lipinski definition) is 3. The highest BCUT2D eigenvalue weighted by Gasteiger charge is 2.28. The summed E-state index contributed by atoms with van der Waals surface area (Å²) in [6, 6.07) is 5.77. The van der Waals surface area contributed by atoms with Gasteiger partial charge in [0.05, 0.1) is 6.10 Å². The highest BCUT2D eigenvalue weighted by Crippen LogP contribution is 2.17. The van der Waals surface area contributed by atoms with E-state index in [9.17, 15) is 14.3 Å². The number of benzene rings is 1. The van der Waals surface area contributed by atoms with Gasteiger partial charge in [0, 0.05) is 12.5 Å². The molecule has 4 nitrogen and oxygen atoms in total. The maximum atomic E-state index is 13.0. The van der Waals surface area contributed by atoms with E-state index in [0.717, 1.165) is 13.1 Å². The highest BCUT2D eigenvalue weighted by molar-refractivity contribution is 5.78. The minimum Gasteiger partial charge on any atom is -0.387 e. The van der Waals surface area contributed by atoms with Gasteiger partial charge in [-0.25, -0.2) is 4.39 Å². The van der Waals surface area contributed by atoms with Gasteiger partial charge in [0.2, 0.25) is 5.91 Å². The van der Waals surface area contributed by atoms with Crippen LogP contribution in [0.4, 0.5) is 4.39 Å². The Kier molecular flexibility index (Phi) is 4.50. The Labute approximate surface area is 112 Å². The van der Waals surface area contributed by atoms with Gasteiger partial charge in [-0.2, -0.15) is 0 Å². The summed E-state index contributed by atoms with van der Waals surface area (Å²) in [5.41, 5.74) is 0.471. The van der Waals surface area contributed by atoms with Gasteiger partial charge in [-0.1, -0.05) is 19.1 Å². The number of amides is 1. The molecule has 1 amide bonds. The van der Waals surface area contributed by atoms with E-state index < -0.39 is 11.9 Å². The second-order valence-corrected chi connectivity index (χ2v) is 5.02. The Bertz CT molecular complexity index is 449. The van der Waals surface area contributed by atoms with Crippen molar-refractivity contribution in [2.75, 3.05) is 19.6 Å². The van der Waals surface area contributed by atoms with Crippen molar-refractivity contribution < 1.29 is 14.3 Å². The number of hydrogen-bond donors (Lipinski definition) is 3. The monoisotopic (exact) mass is 266 g/mol. The summed E-state index contributed by atoms with van der Waals surface area (Å²) >= 11 is 0. The largest absolute Gasteiger partial charge is 0.387 e. The molecule has 1 saturated heterocycles. The van der Waals surface area contributed by atoms with Crippen molar-refractivity contribution in [2.24, 2.45) is 11.8 Å². The summed E-state index contributed by atoms with van der Waals surface area (Å²) < 4.78 is 13.0. The molecule has 0 radical (unpaired) electrons. The third kappa shape index (κ3) is 3.52. The van der Waals surface area contributed by atoms with Gasteiger partial charge >= 0.3 is 0 Å². The van der Waals surface area contributed by atoms with E-state index in [4.69, 9.17) is 0 Å². The second-order valence-electron chi connectivity index (χ2n) is 5.02. The molecule has 3 N–H and O–H groups in total. The number of nitrogens with one attached hydrogen (secondary N) is 2. The van der Waals surface area contributed by atoms with Gasteiger partial charge in [-0.3, -0.25) is 4.79 Å². The fraction of sp³-hybridized carbons (Fsp3) is 0.500. The molecule has 0 spiro atoms. The summed E-state index contributed by atoms with van der Waals surface area (Å²) in [6.07, 6.45) is -0.883. The van der Waals surface area contributed by atoms with Crippen LogP contribution < -0.4 is 10.6 Å². The number of carbonyl (C=O) groups is 1. The fourth-order valence-corrected chi connectivity index (χ4v) is 2.07. The molecule has 1 aromatic carbocycles. The molecule has 5 heteroatoms. The van der Waals surface area contributed by atoms with E-state index >= 15 is 0 Å². The van der Waals surface area contributed by atoms with Crippen molar-refractivity contribution in [1.29, 1.82) is 0 Å². The fourth-order valence-electron chi connectivity index (χ4n) is 2.07. The Morgan fingerprint density at radius 2 is 2.32 bits per heavy atom. The van der Waals surface area contributed by atoms with Crippen molar-refractivity contribution in [1.82, 2.24) is 10.6 Å². The van der Waals surface area contributed by atoms with Crippen LogP contribution in [0, 0.1) is 17.7 Å². The van der Waals surface area contributed by atoms with Crippen LogP contribution in [0.1, 0.15) is 18.6 Å². The normalized spacial score (nSPS) is 18.5. The van der Waals surface area contributed by atoms with Gasteiger partial charge in [-0.15, -0.1) is 0 Å². The molecule has 1 aliphatic rings. The predicted octanol–water partition coefficient (Wildman–Crippen LogP) is 0.831. The zero-order valence-electron chi connectivity index (χ0n) is 10.9. The number of aliphatic hydroxyl groups is 1. The highest BCUT2D eigenvalue weighted by atomic mass is 19.1. The van der Waals surface area contributed by atoms with Crippen molar-refractivity contribution in [3.05, 3.63) is 35.6 Å². The van der Waals surface area contributed by atoms with E-state index in [1.165, 1.54) is 12.1 Å². The summed E-state index contributed by atoms with van der Waals surface area (Å²) in [5.74, 6) is -0.161. The third-order valence-electron chi connectivity index (χ3n) is 3.64. The zero-order chi connectivity index (χ0) is 13.8. The number of rotatable bonds is 5. The van der Waals surface area contributed by atoms with Crippen molar-refractivity contribution in [3.63, 3.8) is 0 Å². The van der Waals surface area contributed by atoms with Crippen LogP contribution in [-0.2, 0) is 4.79 Å². The molecule has 0 bridgehead atoms. The van der Waals surface area contributed by atoms with Crippen LogP contribution in [0.15, 0.2) is 24.3 Å². The summed E-state index contributed by atoms with van der Waals surface area (Å²) in [4.78, 5) is 11.9. The maximum absolute atomic E-state index is 13.0. The van der Waals surface area contributed by atoms with E-state index in [1.54, 1.807) is 12.1 Å². The second kappa shape index (κ2) is 6.12. The minimum atomic E-state index is -0.883. The molecule has 1 fully saturated rings. The first-order valence-electron chi connectivity index (χ1n) is 6.50. The molecule has 0 saturated carbocycles. The van der Waals surface area contributed by atoms with Crippen LogP contribution in [-0.4, -0.2) is 30.6 Å². The Hall–Kier alpha value is -1.46. The average Bonchev–Trinajstić information content (AvgIpc) is 2.33. The minimum absolute atomic E-state index is 0.0676. The molecule has 1 heterocycles. The summed E-state index contributed by atoms with van der Waals surface area (Å²) in [7, 11) is 0. The van der Waals surface area contributed by atoms with Crippen molar-refractivity contribution in [2.45, 2.75) is 13.0 Å². The van der Waals surface area contributed by atoms with Gasteiger partial charge in [0.15, 0.2) is 0 Å². The zero-order valence-corrected chi connectivity index (χ0v) is 10.9. The molecule has 2 atom stereocenters. The lowest BCUT2D eigenvalue weighted by molar-refractivity contribution is -0.127. The Balaban J connectivity index is 1.82. The number of carbonyl (C=O) groups excluding carboxylic acids is 1. The number of aliphatic hydroxyl groups excluding tert-OH is 1. The molecule has 104 valence electrons. The standard InChI is InChI=1S/C14H19FN2O2/c1-9(11-6-16-7-11)14(19)17-8-13(18)10-3-2-4-12(15)5-10/h2-5,9,11,13,16,18H,6-8H2,1H3,(H,17,19). The molecule has 0 aromatic heterocycles. The first kappa shape index (κ1) is 14.0. The first-order valence-corrected chi connectivity index (χ1v) is 6.50. The molecule has 0 aliphatic carbocycles. The quantitative estimate of drug-likeness (QED) is 0.740. The van der Waals surface area contributed by atoms with Crippen LogP contribution in [0.3, 0.4) is 0 Å². The maximum Gasteiger partial charge on any atom is 0.223 e. The molecule has 2 rings (SSSR count). The smallest absolute Gasteiger partial charge is 0.223 e. The lowest BCUT2D eigenvalue weighted by Crippen LogP contribution is -2.50. The van der Waals surface area contributed by atoms with Crippen molar-refractivity contribution >= 4 is 5.91 Å². The van der Waals surface area contributed by atoms with Gasteiger partial charge in [0.1, 0.15) is 5.82 Å². The Morgan fingerprint density at radius 1 is 1.58 bits per heavy atom. The molecule has 1 aromatic rings. The van der Waals surface area contributed by atoms with Crippen LogP contribution >= 0.6 is 0 Å². The average molecular weight is 266 g/mol. The SMILES string of the molecule is CC(C(=O)NCC(O)c1cccc(F)c1)C1CNC1. The van der Waals surface area contributed by atoms with E-state index in [1.807, 2.05) is 6.92 Å². The van der Waals surface area contributed by atoms with Gasteiger partial charge in [0.25, 0.3) is 0 Å². The summed E-state index contributed by atoms with van der Waals surface area (Å²) in [6.45, 7) is 3.71. The third-order valence-corrected chi connectivity index (χ3v) is 3.64. The van der Waals surface area contributed by atoms with Crippen LogP contribution in [0.5, 0.6) is 0 Å². The Morgan fingerprint density at radius 3 is 2.89 bits per heavy atom. The van der Waals surface area contributed by atoms with E-state index in [-0.39, 0.29) is 18.4 Å². The van der Waals surface area contributed by atoms with Crippen LogP contribution in [0.2, 0.25) is 0 Å².